The molecule has 2 aliphatic heterocycles. The van der Waals surface area contributed by atoms with E-state index in [1.54, 1.807) is 10.6 Å². The summed E-state index contributed by atoms with van der Waals surface area (Å²) in [4.78, 5) is 33.9. The van der Waals surface area contributed by atoms with Crippen molar-refractivity contribution in [1.82, 2.24) is 25.2 Å². The molecule has 4 rings (SSSR count). The smallest absolute Gasteiger partial charge is 0.276 e. The van der Waals surface area contributed by atoms with E-state index in [1.807, 2.05) is 6.92 Å². The number of pyridine rings is 1. The summed E-state index contributed by atoms with van der Waals surface area (Å²) in [5.74, 6) is 0.492. The predicted octanol–water partition coefficient (Wildman–Crippen LogP) is 0.0607. The van der Waals surface area contributed by atoms with E-state index in [0.717, 1.165) is 13.1 Å². The lowest BCUT2D eigenvalue weighted by molar-refractivity contribution is 0.0886. The monoisotopic (exact) mass is 371 g/mol. The van der Waals surface area contributed by atoms with E-state index in [9.17, 15) is 9.59 Å². The van der Waals surface area contributed by atoms with Gasteiger partial charge in [-0.3, -0.25) is 14.2 Å². The zero-order chi connectivity index (χ0) is 19.2. The molecule has 0 aliphatic carbocycles. The first-order valence-corrected chi connectivity index (χ1v) is 8.69. The average molecular weight is 371 g/mol. The second kappa shape index (κ2) is 6.23. The van der Waals surface area contributed by atoms with Crippen LogP contribution < -0.4 is 32.0 Å². The second-order valence-electron chi connectivity index (χ2n) is 6.73. The first-order valence-electron chi connectivity index (χ1n) is 8.69. The Hall–Kier alpha value is -3.14. The molecular formula is C17H21N7O3. The third-order valence-corrected chi connectivity index (χ3v) is 5.10. The van der Waals surface area contributed by atoms with Gasteiger partial charge in [0.15, 0.2) is 11.6 Å². The van der Waals surface area contributed by atoms with E-state index in [4.69, 9.17) is 10.5 Å². The number of nitrogens with one attached hydrogen (secondary N) is 3. The Balaban J connectivity index is 1.85. The van der Waals surface area contributed by atoms with Gasteiger partial charge in [0.25, 0.3) is 11.5 Å². The van der Waals surface area contributed by atoms with Crippen LogP contribution in [-0.4, -0.2) is 40.6 Å². The molecule has 4 heterocycles. The summed E-state index contributed by atoms with van der Waals surface area (Å²) in [6.07, 6.45) is 2.56. The fourth-order valence-corrected chi connectivity index (χ4v) is 3.84. The number of ether oxygens (including phenoxy) is 1. The second-order valence-corrected chi connectivity index (χ2v) is 6.73. The average Bonchev–Trinajstić information content (AvgIpc) is 2.92. The number of nitrogen functional groups attached to an aromatic ring is 1. The topological polar surface area (TPSA) is 136 Å². The summed E-state index contributed by atoms with van der Waals surface area (Å²) >= 11 is 0. The molecule has 0 unspecified atom stereocenters. The molecule has 0 radical (unpaired) electrons. The Labute approximate surface area is 155 Å². The van der Waals surface area contributed by atoms with Gasteiger partial charge in [-0.2, -0.15) is 0 Å². The molecule has 27 heavy (non-hydrogen) atoms. The minimum Gasteiger partial charge on any atom is -0.490 e. The first kappa shape index (κ1) is 17.3. The Morgan fingerprint density at radius 1 is 1.30 bits per heavy atom. The Kier molecular flexibility index (Phi) is 3.99. The SMILES string of the molecule is COc1c(N)ncnc1Nc1cc(C)c2n(c1=O)C1(CCNCC1)NC2=O. The van der Waals surface area contributed by atoms with E-state index in [2.05, 4.69) is 25.9 Å². The number of carbonyl (C=O) groups is 1. The minimum atomic E-state index is -0.702. The number of amides is 1. The van der Waals surface area contributed by atoms with Crippen molar-refractivity contribution in [2.45, 2.75) is 25.4 Å². The highest BCUT2D eigenvalue weighted by Crippen LogP contribution is 2.33. The van der Waals surface area contributed by atoms with Crippen molar-refractivity contribution in [2.75, 3.05) is 31.2 Å². The van der Waals surface area contributed by atoms with Gasteiger partial charge in [-0.05, 0) is 31.6 Å². The van der Waals surface area contributed by atoms with Gasteiger partial charge in [-0.25, -0.2) is 9.97 Å². The molecule has 1 fully saturated rings. The third-order valence-electron chi connectivity index (χ3n) is 5.10. The van der Waals surface area contributed by atoms with E-state index < -0.39 is 5.66 Å². The van der Waals surface area contributed by atoms with Crippen LogP contribution in [0.1, 0.15) is 28.9 Å². The molecule has 5 N–H and O–H groups in total. The zero-order valence-corrected chi connectivity index (χ0v) is 15.1. The van der Waals surface area contributed by atoms with Gasteiger partial charge in [0.1, 0.15) is 23.4 Å². The number of methoxy groups -OCH3 is 1. The number of aromatic nitrogens is 3. The van der Waals surface area contributed by atoms with E-state index in [1.165, 1.54) is 13.4 Å². The predicted molar refractivity (Wildman–Crippen MR) is 99.3 cm³/mol. The third kappa shape index (κ3) is 2.60. The molecule has 2 aromatic heterocycles. The van der Waals surface area contributed by atoms with Crippen molar-refractivity contribution in [3.63, 3.8) is 0 Å². The van der Waals surface area contributed by atoms with Crippen LogP contribution in [0.3, 0.4) is 0 Å². The fraction of sp³-hybridized carbons (Fsp3) is 0.412. The maximum absolute atomic E-state index is 13.3. The van der Waals surface area contributed by atoms with Crippen molar-refractivity contribution in [3.8, 4) is 5.75 Å². The number of aryl methyl sites for hydroxylation is 1. The molecule has 0 bridgehead atoms. The quantitative estimate of drug-likeness (QED) is 0.595. The van der Waals surface area contributed by atoms with E-state index >= 15 is 0 Å². The number of carbonyl (C=O) groups excluding carboxylic acids is 1. The van der Waals surface area contributed by atoms with Gasteiger partial charge >= 0.3 is 0 Å². The summed E-state index contributed by atoms with van der Waals surface area (Å²) in [7, 11) is 1.45. The normalized spacial score (nSPS) is 17.5. The van der Waals surface area contributed by atoms with Gasteiger partial charge in [0.2, 0.25) is 5.75 Å². The van der Waals surface area contributed by atoms with E-state index in [0.29, 0.717) is 35.6 Å². The molecule has 10 nitrogen and oxygen atoms in total. The van der Waals surface area contributed by atoms with Crippen molar-refractivity contribution in [2.24, 2.45) is 0 Å². The standard InChI is InChI=1S/C17H21N7O3/c1-9-7-10(22-14-12(27-2)13(18)20-8-21-14)16(26)24-11(9)15(25)23-17(24)3-5-19-6-4-17/h7-8,19H,3-6H2,1-2H3,(H,23,25)(H3,18,20,21,22). The Bertz CT molecular complexity index is 979. The van der Waals surface area contributed by atoms with Crippen LogP contribution in [0.5, 0.6) is 5.75 Å². The van der Waals surface area contributed by atoms with Gasteiger partial charge in [-0.1, -0.05) is 0 Å². The summed E-state index contributed by atoms with van der Waals surface area (Å²) in [5, 5.41) is 9.28. The number of piperidine rings is 1. The number of nitrogens with zero attached hydrogens (tertiary/aromatic N) is 3. The molecule has 10 heteroatoms. The van der Waals surface area contributed by atoms with Gasteiger partial charge < -0.3 is 26.4 Å². The molecule has 2 aliphatic rings. The first-order chi connectivity index (χ1) is 13.0. The van der Waals surface area contributed by atoms with Gasteiger partial charge in [0, 0.05) is 12.8 Å². The lowest BCUT2D eigenvalue weighted by Crippen LogP contribution is -2.53. The summed E-state index contributed by atoms with van der Waals surface area (Å²) < 4.78 is 6.83. The van der Waals surface area contributed by atoms with Crippen LogP contribution >= 0.6 is 0 Å². The maximum Gasteiger partial charge on any atom is 0.276 e. The van der Waals surface area contributed by atoms with Crippen LogP contribution in [0, 0.1) is 6.92 Å². The molecule has 1 spiro atoms. The number of fused-ring (bicyclic) bond motifs is 2. The van der Waals surface area contributed by atoms with Crippen LogP contribution in [0.2, 0.25) is 0 Å². The lowest BCUT2D eigenvalue weighted by Gasteiger charge is -2.35. The van der Waals surface area contributed by atoms with E-state index in [-0.39, 0.29) is 23.0 Å². The number of hydrogen-bond donors (Lipinski definition) is 4. The number of rotatable bonds is 3. The molecule has 2 aromatic rings. The summed E-state index contributed by atoms with van der Waals surface area (Å²) in [5.41, 5.74) is 6.21. The van der Waals surface area contributed by atoms with Crippen molar-refractivity contribution < 1.29 is 9.53 Å². The van der Waals surface area contributed by atoms with Crippen LogP contribution in [0.4, 0.5) is 17.3 Å². The van der Waals surface area contributed by atoms with Crippen molar-refractivity contribution in [3.05, 3.63) is 34.0 Å². The highest BCUT2D eigenvalue weighted by molar-refractivity contribution is 5.97. The Morgan fingerprint density at radius 2 is 2.04 bits per heavy atom. The number of anilines is 3. The minimum absolute atomic E-state index is 0.166. The van der Waals surface area contributed by atoms with Crippen LogP contribution in [-0.2, 0) is 5.66 Å². The molecular weight excluding hydrogens is 350 g/mol. The Morgan fingerprint density at radius 3 is 2.74 bits per heavy atom. The summed E-state index contributed by atoms with van der Waals surface area (Å²) in [6, 6.07) is 1.64. The number of hydrogen-bond acceptors (Lipinski definition) is 8. The maximum atomic E-state index is 13.3. The van der Waals surface area contributed by atoms with Crippen molar-refractivity contribution in [1.29, 1.82) is 0 Å². The molecule has 142 valence electrons. The van der Waals surface area contributed by atoms with Crippen LogP contribution in [0.25, 0.3) is 0 Å². The van der Waals surface area contributed by atoms with Gasteiger partial charge in [-0.15, -0.1) is 0 Å². The molecule has 1 amide bonds. The number of nitrogens with two attached hydrogens (primary N) is 1. The fourth-order valence-electron chi connectivity index (χ4n) is 3.84. The highest BCUT2D eigenvalue weighted by atomic mass is 16.5. The molecule has 0 aromatic carbocycles. The molecule has 0 saturated carbocycles. The zero-order valence-electron chi connectivity index (χ0n) is 15.1. The highest BCUT2D eigenvalue weighted by Gasteiger charge is 2.45. The van der Waals surface area contributed by atoms with Crippen LogP contribution in [0.15, 0.2) is 17.2 Å². The molecule has 1 saturated heterocycles. The lowest BCUT2D eigenvalue weighted by atomic mass is 9.98. The largest absolute Gasteiger partial charge is 0.490 e. The van der Waals surface area contributed by atoms with Crippen molar-refractivity contribution >= 4 is 23.2 Å². The van der Waals surface area contributed by atoms with Gasteiger partial charge in [0.05, 0.1) is 7.11 Å². The molecule has 0 atom stereocenters. The summed E-state index contributed by atoms with van der Waals surface area (Å²) in [6.45, 7) is 3.25.